The molecule has 0 bridgehead atoms. The molecule has 6 heteroatoms. The molecule has 0 aliphatic carbocycles. The molecule has 1 aromatic heterocycles. The SMILES string of the molecule is Cc1ccc(-c2ccc(S(=O)(=O)N3CCc4ncncc4C3)cc2)cc1. The average Bonchev–Trinajstić information content (AvgIpc) is 2.68. The number of sulfonamides is 1. The largest absolute Gasteiger partial charge is 0.244 e. The van der Waals surface area contributed by atoms with Gasteiger partial charge in [-0.3, -0.25) is 0 Å². The van der Waals surface area contributed by atoms with Crippen molar-refractivity contribution < 1.29 is 8.42 Å². The number of hydrogen-bond acceptors (Lipinski definition) is 4. The van der Waals surface area contributed by atoms with Gasteiger partial charge in [0.15, 0.2) is 0 Å². The lowest BCUT2D eigenvalue weighted by Gasteiger charge is -2.27. The van der Waals surface area contributed by atoms with Crippen LogP contribution in [0.15, 0.2) is 66.0 Å². The summed E-state index contributed by atoms with van der Waals surface area (Å²) in [6, 6.07) is 15.3. The van der Waals surface area contributed by atoms with E-state index in [1.807, 2.05) is 43.3 Å². The minimum atomic E-state index is -3.53. The van der Waals surface area contributed by atoms with Gasteiger partial charge in [-0.05, 0) is 30.2 Å². The molecule has 0 fully saturated rings. The maximum atomic E-state index is 13.0. The topological polar surface area (TPSA) is 63.2 Å². The number of nitrogens with zero attached hydrogens (tertiary/aromatic N) is 3. The van der Waals surface area contributed by atoms with Gasteiger partial charge in [-0.15, -0.1) is 0 Å². The lowest BCUT2D eigenvalue weighted by Crippen LogP contribution is -2.36. The number of aromatic nitrogens is 2. The molecule has 0 saturated carbocycles. The van der Waals surface area contributed by atoms with Crippen molar-refractivity contribution in [3.05, 3.63) is 77.9 Å². The fourth-order valence-electron chi connectivity index (χ4n) is 3.16. The smallest absolute Gasteiger partial charge is 0.243 e. The fourth-order valence-corrected chi connectivity index (χ4v) is 4.58. The average molecular weight is 365 g/mol. The van der Waals surface area contributed by atoms with E-state index in [1.54, 1.807) is 18.3 Å². The highest BCUT2D eigenvalue weighted by Gasteiger charge is 2.28. The Kier molecular flexibility index (Phi) is 4.30. The van der Waals surface area contributed by atoms with Gasteiger partial charge in [0, 0.05) is 37.0 Å². The van der Waals surface area contributed by atoms with Crippen molar-refractivity contribution in [2.75, 3.05) is 6.54 Å². The van der Waals surface area contributed by atoms with Crippen molar-refractivity contribution >= 4 is 10.0 Å². The van der Waals surface area contributed by atoms with Crippen molar-refractivity contribution in [3.63, 3.8) is 0 Å². The number of benzene rings is 2. The summed E-state index contributed by atoms with van der Waals surface area (Å²) in [5.74, 6) is 0. The number of aryl methyl sites for hydroxylation is 1. The molecular formula is C20H19N3O2S. The first-order chi connectivity index (χ1) is 12.5. The molecule has 2 aromatic carbocycles. The Morgan fingerprint density at radius 1 is 0.962 bits per heavy atom. The fraction of sp³-hybridized carbons (Fsp3) is 0.200. The Hall–Kier alpha value is -2.57. The summed E-state index contributed by atoms with van der Waals surface area (Å²) in [4.78, 5) is 8.55. The van der Waals surface area contributed by atoms with Gasteiger partial charge in [0.2, 0.25) is 10.0 Å². The molecule has 26 heavy (non-hydrogen) atoms. The first-order valence-corrected chi connectivity index (χ1v) is 9.93. The molecule has 4 rings (SSSR count). The summed E-state index contributed by atoms with van der Waals surface area (Å²) in [7, 11) is -3.53. The second-order valence-electron chi connectivity index (χ2n) is 6.47. The molecule has 0 radical (unpaired) electrons. The van der Waals surface area contributed by atoms with Crippen molar-refractivity contribution in [2.45, 2.75) is 24.8 Å². The minimum absolute atomic E-state index is 0.314. The quantitative estimate of drug-likeness (QED) is 0.715. The summed E-state index contributed by atoms with van der Waals surface area (Å²) >= 11 is 0. The van der Waals surface area contributed by atoms with E-state index >= 15 is 0 Å². The molecule has 3 aromatic rings. The van der Waals surface area contributed by atoms with Gasteiger partial charge in [0.25, 0.3) is 0 Å². The van der Waals surface area contributed by atoms with E-state index in [0.29, 0.717) is 24.4 Å². The van der Waals surface area contributed by atoms with Crippen molar-refractivity contribution in [1.82, 2.24) is 14.3 Å². The van der Waals surface area contributed by atoms with Crippen LogP contribution in [-0.4, -0.2) is 29.2 Å². The molecule has 1 aliphatic rings. The zero-order valence-corrected chi connectivity index (χ0v) is 15.3. The summed E-state index contributed by atoms with van der Waals surface area (Å²) in [6.45, 7) is 2.80. The zero-order chi connectivity index (χ0) is 18.1. The molecule has 5 nitrogen and oxygen atoms in total. The number of rotatable bonds is 3. The third-order valence-electron chi connectivity index (χ3n) is 4.70. The van der Waals surface area contributed by atoms with Crippen LogP contribution < -0.4 is 0 Å². The van der Waals surface area contributed by atoms with E-state index in [-0.39, 0.29) is 0 Å². The maximum absolute atomic E-state index is 13.0. The first kappa shape index (κ1) is 16.9. The number of hydrogen-bond donors (Lipinski definition) is 0. The van der Waals surface area contributed by atoms with Crippen LogP contribution in [0.1, 0.15) is 16.8 Å². The molecule has 0 spiro atoms. The van der Waals surface area contributed by atoms with E-state index in [4.69, 9.17) is 0 Å². The van der Waals surface area contributed by atoms with E-state index in [2.05, 4.69) is 9.97 Å². The van der Waals surface area contributed by atoms with Gasteiger partial charge < -0.3 is 0 Å². The molecule has 132 valence electrons. The van der Waals surface area contributed by atoms with Gasteiger partial charge >= 0.3 is 0 Å². The van der Waals surface area contributed by atoms with Gasteiger partial charge in [0.1, 0.15) is 6.33 Å². The van der Waals surface area contributed by atoms with Gasteiger partial charge in [0.05, 0.1) is 4.90 Å². The summed E-state index contributed by atoms with van der Waals surface area (Å²) in [5.41, 5.74) is 5.08. The number of fused-ring (bicyclic) bond motifs is 1. The van der Waals surface area contributed by atoms with E-state index in [1.165, 1.54) is 16.2 Å². The first-order valence-electron chi connectivity index (χ1n) is 8.49. The Balaban J connectivity index is 1.59. The monoisotopic (exact) mass is 365 g/mol. The van der Waals surface area contributed by atoms with Crippen molar-refractivity contribution in [1.29, 1.82) is 0 Å². The molecule has 0 saturated heterocycles. The van der Waals surface area contributed by atoms with E-state index < -0.39 is 10.0 Å². The van der Waals surface area contributed by atoms with Crippen LogP contribution in [0.2, 0.25) is 0 Å². The van der Waals surface area contributed by atoms with Crippen molar-refractivity contribution in [2.24, 2.45) is 0 Å². The molecule has 0 atom stereocenters. The summed E-state index contributed by atoms with van der Waals surface area (Å²) < 4.78 is 27.4. The molecule has 0 N–H and O–H groups in total. The van der Waals surface area contributed by atoms with Gasteiger partial charge in [-0.2, -0.15) is 4.31 Å². The van der Waals surface area contributed by atoms with Gasteiger partial charge in [-0.1, -0.05) is 42.0 Å². The van der Waals surface area contributed by atoms with Crippen LogP contribution in [0.5, 0.6) is 0 Å². The molecule has 0 unspecified atom stereocenters. The van der Waals surface area contributed by atoms with Crippen LogP contribution in [-0.2, 0) is 23.0 Å². The Morgan fingerprint density at radius 2 is 1.62 bits per heavy atom. The highest BCUT2D eigenvalue weighted by Crippen LogP contribution is 2.26. The summed E-state index contributed by atoms with van der Waals surface area (Å²) in [5, 5.41) is 0. The molecule has 2 heterocycles. The van der Waals surface area contributed by atoms with Crippen LogP contribution in [0.3, 0.4) is 0 Å². The lowest BCUT2D eigenvalue weighted by atomic mass is 10.0. The van der Waals surface area contributed by atoms with Crippen LogP contribution >= 0.6 is 0 Å². The second kappa shape index (κ2) is 6.63. The second-order valence-corrected chi connectivity index (χ2v) is 8.41. The molecule has 0 amide bonds. The van der Waals surface area contributed by atoms with Crippen LogP contribution in [0.4, 0.5) is 0 Å². The predicted octanol–water partition coefficient (Wildman–Crippen LogP) is 3.20. The molecular weight excluding hydrogens is 346 g/mol. The third kappa shape index (κ3) is 3.13. The third-order valence-corrected chi connectivity index (χ3v) is 6.56. The van der Waals surface area contributed by atoms with Crippen molar-refractivity contribution in [3.8, 4) is 11.1 Å². The predicted molar refractivity (Wildman–Crippen MR) is 99.9 cm³/mol. The van der Waals surface area contributed by atoms with Crippen LogP contribution in [0, 0.1) is 6.92 Å². The highest BCUT2D eigenvalue weighted by molar-refractivity contribution is 7.89. The standard InChI is InChI=1S/C20H19N3O2S/c1-15-2-4-16(5-3-15)17-6-8-19(9-7-17)26(24,25)23-11-10-20-18(13-23)12-21-14-22-20/h2-9,12,14H,10-11,13H2,1H3. The zero-order valence-electron chi connectivity index (χ0n) is 14.5. The Bertz CT molecular complexity index is 1030. The Labute approximate surface area is 153 Å². The van der Waals surface area contributed by atoms with Gasteiger partial charge in [-0.25, -0.2) is 18.4 Å². The highest BCUT2D eigenvalue weighted by atomic mass is 32.2. The van der Waals surface area contributed by atoms with Crippen LogP contribution in [0.25, 0.3) is 11.1 Å². The molecule has 1 aliphatic heterocycles. The lowest BCUT2D eigenvalue weighted by molar-refractivity contribution is 0.387. The van der Waals surface area contributed by atoms with E-state index in [9.17, 15) is 8.42 Å². The normalized spacial score (nSPS) is 14.8. The van der Waals surface area contributed by atoms with E-state index in [0.717, 1.165) is 22.4 Å². The summed E-state index contributed by atoms with van der Waals surface area (Å²) in [6.07, 6.45) is 3.82. The Morgan fingerprint density at radius 3 is 2.31 bits per heavy atom. The minimum Gasteiger partial charge on any atom is -0.244 e. The maximum Gasteiger partial charge on any atom is 0.243 e.